The maximum absolute atomic E-state index is 13.0. The molecule has 5 aromatic rings. The Labute approximate surface area is 200 Å². The van der Waals surface area contributed by atoms with Crippen LogP contribution in [0.15, 0.2) is 82.7 Å². The quantitative estimate of drug-likeness (QED) is 0.315. The molecule has 0 N–H and O–H groups in total. The zero-order valence-electron chi connectivity index (χ0n) is 18.5. The van der Waals surface area contributed by atoms with Crippen LogP contribution in [0.5, 0.6) is 5.75 Å². The van der Waals surface area contributed by atoms with Crippen molar-refractivity contribution in [2.24, 2.45) is 0 Å². The molecule has 34 heavy (non-hydrogen) atoms. The third kappa shape index (κ3) is 4.02. The second-order valence-corrected chi connectivity index (χ2v) is 8.47. The van der Waals surface area contributed by atoms with E-state index in [4.69, 9.17) is 14.7 Å². The van der Waals surface area contributed by atoms with Crippen molar-refractivity contribution in [3.63, 3.8) is 0 Å². The summed E-state index contributed by atoms with van der Waals surface area (Å²) in [5, 5.41) is 10.6. The number of rotatable bonds is 7. The summed E-state index contributed by atoms with van der Waals surface area (Å²) in [6, 6.07) is 25.1. The van der Waals surface area contributed by atoms with Crippen LogP contribution in [-0.2, 0) is 12.3 Å². The van der Waals surface area contributed by atoms with Crippen molar-refractivity contribution in [3.05, 3.63) is 89.0 Å². The number of para-hydroxylation sites is 3. The van der Waals surface area contributed by atoms with E-state index in [0.717, 1.165) is 27.6 Å². The minimum Gasteiger partial charge on any atom is -0.494 e. The molecule has 0 saturated carbocycles. The summed E-state index contributed by atoms with van der Waals surface area (Å²) in [5.41, 5.74) is 3.23. The summed E-state index contributed by atoms with van der Waals surface area (Å²) in [6.45, 7) is 2.51. The van der Waals surface area contributed by atoms with Gasteiger partial charge in [0.1, 0.15) is 18.1 Å². The van der Waals surface area contributed by atoms with Crippen molar-refractivity contribution in [2.75, 3.05) is 6.61 Å². The minimum absolute atomic E-state index is 0.0537. The highest BCUT2D eigenvalue weighted by Gasteiger charge is 2.16. The standard InChI is InChI=1S/C26H21N5O2S/c1-2-33-19-13-11-18(12-14-19)31-23-10-6-5-9-22(23)29-26(31)34-17-24-28-21-8-4-3-7-20(21)25(32)30(24)16-15-27/h3-14H,2,16-17H2,1H3. The fraction of sp³-hybridized carbons (Fsp3) is 0.154. The molecule has 0 bridgehead atoms. The second-order valence-electron chi connectivity index (χ2n) is 7.53. The van der Waals surface area contributed by atoms with Gasteiger partial charge in [0.05, 0.1) is 40.4 Å². The molecule has 0 unspecified atom stereocenters. The van der Waals surface area contributed by atoms with E-state index in [2.05, 4.69) is 10.6 Å². The van der Waals surface area contributed by atoms with Gasteiger partial charge in [-0.3, -0.25) is 13.9 Å². The zero-order chi connectivity index (χ0) is 23.5. The van der Waals surface area contributed by atoms with Crippen LogP contribution >= 0.6 is 11.8 Å². The lowest BCUT2D eigenvalue weighted by Gasteiger charge is -2.12. The first-order valence-corrected chi connectivity index (χ1v) is 11.9. The Hall–Kier alpha value is -4.09. The van der Waals surface area contributed by atoms with Crippen LogP contribution in [0.25, 0.3) is 27.6 Å². The van der Waals surface area contributed by atoms with Crippen LogP contribution in [0, 0.1) is 11.3 Å². The molecule has 5 rings (SSSR count). The first-order valence-electron chi connectivity index (χ1n) is 10.9. The summed E-state index contributed by atoms with van der Waals surface area (Å²) < 4.78 is 9.12. The first kappa shape index (κ1) is 21.7. The van der Waals surface area contributed by atoms with E-state index >= 15 is 0 Å². The summed E-state index contributed by atoms with van der Waals surface area (Å²) in [6.07, 6.45) is 0. The van der Waals surface area contributed by atoms with E-state index in [9.17, 15) is 10.1 Å². The van der Waals surface area contributed by atoms with Crippen molar-refractivity contribution in [3.8, 4) is 17.5 Å². The Morgan fingerprint density at radius 1 is 0.971 bits per heavy atom. The lowest BCUT2D eigenvalue weighted by Crippen LogP contribution is -2.24. The minimum atomic E-state index is -0.206. The van der Waals surface area contributed by atoms with E-state index in [-0.39, 0.29) is 12.1 Å². The summed E-state index contributed by atoms with van der Waals surface area (Å²) in [4.78, 5) is 22.5. The van der Waals surface area contributed by atoms with Gasteiger partial charge in [0.25, 0.3) is 5.56 Å². The van der Waals surface area contributed by atoms with Gasteiger partial charge in [0.15, 0.2) is 5.16 Å². The molecule has 0 amide bonds. The van der Waals surface area contributed by atoms with E-state index in [1.54, 1.807) is 12.1 Å². The van der Waals surface area contributed by atoms with Crippen LogP contribution in [0.1, 0.15) is 12.7 Å². The molecular formula is C26H21N5O2S. The molecule has 0 radical (unpaired) electrons. The third-order valence-corrected chi connectivity index (χ3v) is 6.37. The Morgan fingerprint density at radius 3 is 2.47 bits per heavy atom. The number of hydrogen-bond donors (Lipinski definition) is 0. The van der Waals surface area contributed by atoms with Gasteiger partial charge in [-0.1, -0.05) is 36.0 Å². The summed E-state index contributed by atoms with van der Waals surface area (Å²) >= 11 is 1.48. The van der Waals surface area contributed by atoms with Crippen LogP contribution in [0.3, 0.4) is 0 Å². The van der Waals surface area contributed by atoms with Crippen LogP contribution in [-0.4, -0.2) is 25.7 Å². The van der Waals surface area contributed by atoms with Crippen molar-refractivity contribution in [2.45, 2.75) is 24.4 Å². The summed E-state index contributed by atoms with van der Waals surface area (Å²) in [7, 11) is 0. The van der Waals surface area contributed by atoms with Gasteiger partial charge in [0, 0.05) is 5.69 Å². The number of benzene rings is 3. The van der Waals surface area contributed by atoms with E-state index in [1.165, 1.54) is 16.3 Å². The van der Waals surface area contributed by atoms with Crippen molar-refractivity contribution in [1.82, 2.24) is 19.1 Å². The number of hydrogen-bond acceptors (Lipinski definition) is 6. The fourth-order valence-corrected chi connectivity index (χ4v) is 4.87. The second kappa shape index (κ2) is 9.41. The predicted octanol–water partition coefficient (Wildman–Crippen LogP) is 4.95. The van der Waals surface area contributed by atoms with Crippen LogP contribution in [0.4, 0.5) is 0 Å². The predicted molar refractivity (Wildman–Crippen MR) is 133 cm³/mol. The molecule has 2 heterocycles. The normalized spacial score (nSPS) is 11.1. The van der Waals surface area contributed by atoms with Crippen molar-refractivity contribution < 1.29 is 4.74 Å². The van der Waals surface area contributed by atoms with Crippen molar-refractivity contribution >= 4 is 33.7 Å². The average Bonchev–Trinajstić information content (AvgIpc) is 3.24. The Bertz CT molecular complexity index is 1580. The molecule has 0 saturated heterocycles. The molecule has 0 aliphatic carbocycles. The van der Waals surface area contributed by atoms with Gasteiger partial charge >= 0.3 is 0 Å². The Balaban J connectivity index is 1.56. The third-order valence-electron chi connectivity index (χ3n) is 5.44. The lowest BCUT2D eigenvalue weighted by atomic mass is 10.2. The smallest absolute Gasteiger partial charge is 0.262 e. The largest absolute Gasteiger partial charge is 0.494 e. The summed E-state index contributed by atoms with van der Waals surface area (Å²) in [5.74, 6) is 1.74. The maximum atomic E-state index is 13.0. The number of fused-ring (bicyclic) bond motifs is 2. The van der Waals surface area contributed by atoms with Crippen LogP contribution < -0.4 is 10.3 Å². The van der Waals surface area contributed by atoms with Gasteiger partial charge in [0.2, 0.25) is 0 Å². The highest BCUT2D eigenvalue weighted by atomic mass is 32.2. The SMILES string of the molecule is CCOc1ccc(-n2c(SCc3nc4ccccc4c(=O)n3CC#N)nc3ccccc32)cc1. The number of aromatic nitrogens is 4. The number of imidazole rings is 1. The van der Waals surface area contributed by atoms with Crippen molar-refractivity contribution in [1.29, 1.82) is 5.26 Å². The number of nitrogens with zero attached hydrogens (tertiary/aromatic N) is 5. The van der Waals surface area contributed by atoms with Gasteiger partial charge in [-0.05, 0) is 55.5 Å². The van der Waals surface area contributed by atoms with Gasteiger partial charge < -0.3 is 4.74 Å². The monoisotopic (exact) mass is 467 g/mol. The van der Waals surface area contributed by atoms with Crippen LogP contribution in [0.2, 0.25) is 0 Å². The lowest BCUT2D eigenvalue weighted by molar-refractivity contribution is 0.340. The molecule has 8 heteroatoms. The first-order chi connectivity index (χ1) is 16.7. The molecule has 7 nitrogen and oxygen atoms in total. The maximum Gasteiger partial charge on any atom is 0.262 e. The molecule has 2 aromatic heterocycles. The molecule has 0 atom stereocenters. The van der Waals surface area contributed by atoms with Gasteiger partial charge in [-0.2, -0.15) is 5.26 Å². The van der Waals surface area contributed by atoms with Gasteiger partial charge in [-0.25, -0.2) is 9.97 Å². The molecule has 0 fully saturated rings. The number of nitriles is 1. The van der Waals surface area contributed by atoms with Gasteiger partial charge in [-0.15, -0.1) is 0 Å². The van der Waals surface area contributed by atoms with E-state index in [0.29, 0.717) is 29.1 Å². The highest BCUT2D eigenvalue weighted by molar-refractivity contribution is 7.98. The Morgan fingerprint density at radius 2 is 1.71 bits per heavy atom. The average molecular weight is 468 g/mol. The molecule has 0 aliphatic rings. The fourth-order valence-electron chi connectivity index (χ4n) is 3.90. The molecule has 0 aliphatic heterocycles. The highest BCUT2D eigenvalue weighted by Crippen LogP contribution is 2.30. The molecule has 0 spiro atoms. The Kier molecular flexibility index (Phi) is 6.02. The molecular weight excluding hydrogens is 446 g/mol. The number of ether oxygens (including phenoxy) is 1. The van der Waals surface area contributed by atoms with E-state index in [1.807, 2.05) is 67.6 Å². The number of thioether (sulfide) groups is 1. The molecule has 168 valence electrons. The molecule has 3 aromatic carbocycles. The van der Waals surface area contributed by atoms with E-state index < -0.39 is 0 Å². The topological polar surface area (TPSA) is 85.7 Å². The zero-order valence-corrected chi connectivity index (χ0v) is 19.3.